The molecule has 0 aliphatic heterocycles. The number of nitrogens with one attached hydrogen (secondary N) is 2. The fourth-order valence-corrected chi connectivity index (χ4v) is 1.52. The number of aliphatic hydroxyl groups is 1. The van der Waals surface area contributed by atoms with Gasteiger partial charge in [-0.1, -0.05) is 19.1 Å². The van der Waals surface area contributed by atoms with Crippen molar-refractivity contribution in [2.45, 2.75) is 20.0 Å². The van der Waals surface area contributed by atoms with Crippen molar-refractivity contribution in [1.29, 1.82) is 0 Å². The Morgan fingerprint density at radius 1 is 1.09 bits per heavy atom. The van der Waals surface area contributed by atoms with Gasteiger partial charge in [-0.3, -0.25) is 9.59 Å². The number of aliphatic hydroxyl groups excluding tert-OH is 1. The van der Waals surface area contributed by atoms with Crippen molar-refractivity contribution in [2.75, 3.05) is 19.7 Å². The lowest BCUT2D eigenvalue weighted by Gasteiger charge is -2.07. The molecular weight excluding hydrogens is 288 g/mol. The summed E-state index contributed by atoms with van der Waals surface area (Å²) in [6, 6.07) is 6.19. The van der Waals surface area contributed by atoms with Gasteiger partial charge in [-0.15, -0.1) is 0 Å². The average molecular weight is 308 g/mol. The first-order valence-corrected chi connectivity index (χ1v) is 6.97. The van der Waals surface area contributed by atoms with Crippen LogP contribution in [0.2, 0.25) is 0 Å². The predicted molar refractivity (Wildman–Crippen MR) is 79.0 cm³/mol. The number of amides is 2. The molecule has 0 aromatic heterocycles. The van der Waals surface area contributed by atoms with Crippen molar-refractivity contribution in [3.05, 3.63) is 35.4 Å². The Bertz CT molecular complexity index is 513. The van der Waals surface area contributed by atoms with Crippen LogP contribution in [0.3, 0.4) is 0 Å². The summed E-state index contributed by atoms with van der Waals surface area (Å²) in [5.41, 5.74) is 0.957. The molecule has 0 bridgehead atoms. The fourth-order valence-electron chi connectivity index (χ4n) is 1.52. The van der Waals surface area contributed by atoms with Gasteiger partial charge in [0.05, 0.1) is 18.7 Å². The van der Waals surface area contributed by atoms with E-state index in [0.29, 0.717) is 12.1 Å². The van der Waals surface area contributed by atoms with Gasteiger partial charge in [-0.05, 0) is 24.1 Å². The highest BCUT2D eigenvalue weighted by atomic mass is 16.5. The van der Waals surface area contributed by atoms with E-state index in [2.05, 4.69) is 10.6 Å². The zero-order valence-corrected chi connectivity index (χ0v) is 12.4. The molecule has 7 heteroatoms. The maximum absolute atomic E-state index is 11.7. The van der Waals surface area contributed by atoms with Crippen molar-refractivity contribution in [1.82, 2.24) is 10.6 Å². The summed E-state index contributed by atoms with van der Waals surface area (Å²) >= 11 is 0. The van der Waals surface area contributed by atoms with E-state index < -0.39 is 18.5 Å². The standard InChI is InChI=1S/C15H20N2O5/c1-2-7-16-13(19)8-17-14(20)10-22-15(21)12-5-3-11(9-18)4-6-12/h3-6,18H,2,7-10H2,1H3,(H,16,19)(H,17,20). The monoisotopic (exact) mass is 308 g/mol. The summed E-state index contributed by atoms with van der Waals surface area (Å²) in [7, 11) is 0. The minimum absolute atomic E-state index is 0.113. The third-order valence-corrected chi connectivity index (χ3v) is 2.72. The van der Waals surface area contributed by atoms with Crippen LogP contribution < -0.4 is 10.6 Å². The molecule has 0 unspecified atom stereocenters. The van der Waals surface area contributed by atoms with Crippen LogP contribution in [0.25, 0.3) is 0 Å². The van der Waals surface area contributed by atoms with Gasteiger partial charge in [0.2, 0.25) is 5.91 Å². The Kier molecular flexibility index (Phi) is 7.63. The molecule has 0 spiro atoms. The van der Waals surface area contributed by atoms with E-state index in [4.69, 9.17) is 9.84 Å². The van der Waals surface area contributed by atoms with Gasteiger partial charge in [-0.2, -0.15) is 0 Å². The lowest BCUT2D eigenvalue weighted by atomic mass is 10.1. The van der Waals surface area contributed by atoms with Crippen LogP contribution in [-0.4, -0.2) is 42.6 Å². The molecule has 3 N–H and O–H groups in total. The van der Waals surface area contributed by atoms with Crippen LogP contribution in [-0.2, 0) is 20.9 Å². The van der Waals surface area contributed by atoms with Gasteiger partial charge >= 0.3 is 5.97 Å². The largest absolute Gasteiger partial charge is 0.452 e. The quantitative estimate of drug-likeness (QED) is 0.585. The van der Waals surface area contributed by atoms with Crippen LogP contribution in [0, 0.1) is 0 Å². The van der Waals surface area contributed by atoms with Gasteiger partial charge in [0.1, 0.15) is 0 Å². The lowest BCUT2D eigenvalue weighted by Crippen LogP contribution is -2.38. The number of ether oxygens (including phenoxy) is 1. The SMILES string of the molecule is CCCNC(=O)CNC(=O)COC(=O)c1ccc(CO)cc1. The Balaban J connectivity index is 2.30. The van der Waals surface area contributed by atoms with Crippen molar-refractivity contribution in [2.24, 2.45) is 0 Å². The molecule has 0 atom stereocenters. The van der Waals surface area contributed by atoms with Crippen molar-refractivity contribution < 1.29 is 24.2 Å². The zero-order chi connectivity index (χ0) is 16.4. The van der Waals surface area contributed by atoms with Gasteiger partial charge in [0.25, 0.3) is 5.91 Å². The molecule has 0 saturated carbocycles. The molecule has 0 saturated heterocycles. The lowest BCUT2D eigenvalue weighted by molar-refractivity contribution is -0.127. The predicted octanol–water partition coefficient (Wildman–Crippen LogP) is -0.0219. The zero-order valence-electron chi connectivity index (χ0n) is 12.4. The van der Waals surface area contributed by atoms with Gasteiger partial charge in [-0.25, -0.2) is 4.79 Å². The second-order valence-corrected chi connectivity index (χ2v) is 4.56. The summed E-state index contributed by atoms with van der Waals surface area (Å²) in [5, 5.41) is 13.9. The van der Waals surface area contributed by atoms with Gasteiger partial charge in [0, 0.05) is 6.54 Å². The molecule has 1 aromatic carbocycles. The first-order chi connectivity index (χ1) is 10.6. The number of hydrogen-bond donors (Lipinski definition) is 3. The van der Waals surface area contributed by atoms with Crippen LogP contribution in [0.1, 0.15) is 29.3 Å². The van der Waals surface area contributed by atoms with E-state index >= 15 is 0 Å². The van der Waals surface area contributed by atoms with E-state index in [-0.39, 0.29) is 24.6 Å². The minimum atomic E-state index is -0.643. The molecular formula is C15H20N2O5. The second kappa shape index (κ2) is 9.51. The highest BCUT2D eigenvalue weighted by Gasteiger charge is 2.11. The molecule has 0 heterocycles. The van der Waals surface area contributed by atoms with Crippen LogP contribution >= 0.6 is 0 Å². The fraction of sp³-hybridized carbons (Fsp3) is 0.400. The molecule has 1 aromatic rings. The maximum Gasteiger partial charge on any atom is 0.338 e. The first kappa shape index (κ1) is 17.6. The molecule has 1 rings (SSSR count). The Hall–Kier alpha value is -2.41. The van der Waals surface area contributed by atoms with Crippen LogP contribution in [0.15, 0.2) is 24.3 Å². The molecule has 0 aliphatic carbocycles. The number of benzene rings is 1. The highest BCUT2D eigenvalue weighted by Crippen LogP contribution is 2.05. The van der Waals surface area contributed by atoms with E-state index in [0.717, 1.165) is 6.42 Å². The highest BCUT2D eigenvalue weighted by molar-refractivity contribution is 5.92. The molecule has 2 amide bonds. The topological polar surface area (TPSA) is 105 Å². The second-order valence-electron chi connectivity index (χ2n) is 4.56. The number of carbonyl (C=O) groups is 3. The van der Waals surface area contributed by atoms with E-state index in [9.17, 15) is 14.4 Å². The third kappa shape index (κ3) is 6.36. The van der Waals surface area contributed by atoms with Crippen molar-refractivity contribution in [3.63, 3.8) is 0 Å². The molecule has 0 fully saturated rings. The summed E-state index contributed by atoms with van der Waals surface area (Å²) < 4.78 is 4.83. The number of carbonyl (C=O) groups excluding carboxylic acids is 3. The Morgan fingerprint density at radius 3 is 2.36 bits per heavy atom. The maximum atomic E-state index is 11.7. The van der Waals surface area contributed by atoms with Crippen LogP contribution in [0.5, 0.6) is 0 Å². The molecule has 0 aliphatic rings. The van der Waals surface area contributed by atoms with Crippen molar-refractivity contribution in [3.8, 4) is 0 Å². The molecule has 120 valence electrons. The Labute approximate surface area is 128 Å². The number of hydrogen-bond acceptors (Lipinski definition) is 5. The van der Waals surface area contributed by atoms with E-state index in [1.165, 1.54) is 12.1 Å². The summed E-state index contributed by atoms with van der Waals surface area (Å²) in [5.74, 6) is -1.48. The van der Waals surface area contributed by atoms with Gasteiger partial charge < -0.3 is 20.5 Å². The number of rotatable bonds is 8. The van der Waals surface area contributed by atoms with Crippen molar-refractivity contribution >= 4 is 17.8 Å². The Morgan fingerprint density at radius 2 is 1.77 bits per heavy atom. The normalized spacial score (nSPS) is 9.91. The van der Waals surface area contributed by atoms with Gasteiger partial charge in [0.15, 0.2) is 6.61 Å². The summed E-state index contributed by atoms with van der Waals surface area (Å²) in [6.45, 7) is 1.75. The smallest absolute Gasteiger partial charge is 0.338 e. The third-order valence-electron chi connectivity index (χ3n) is 2.72. The first-order valence-electron chi connectivity index (χ1n) is 6.97. The number of esters is 1. The average Bonchev–Trinajstić information content (AvgIpc) is 2.55. The van der Waals surface area contributed by atoms with Crippen LogP contribution in [0.4, 0.5) is 0 Å². The minimum Gasteiger partial charge on any atom is -0.452 e. The summed E-state index contributed by atoms with van der Waals surface area (Å²) in [4.78, 5) is 34.4. The molecule has 22 heavy (non-hydrogen) atoms. The summed E-state index contributed by atoms with van der Waals surface area (Å²) in [6.07, 6.45) is 0.812. The van der Waals surface area contributed by atoms with E-state index in [1.54, 1.807) is 12.1 Å². The molecule has 0 radical (unpaired) electrons. The molecule has 7 nitrogen and oxygen atoms in total. The van der Waals surface area contributed by atoms with E-state index in [1.807, 2.05) is 6.92 Å².